The zero-order valence-electron chi connectivity index (χ0n) is 8.05. The van der Waals surface area contributed by atoms with Crippen molar-refractivity contribution in [2.75, 3.05) is 7.05 Å². The normalized spacial score (nSPS) is 11.0. The van der Waals surface area contributed by atoms with Crippen LogP contribution in [0.4, 0.5) is 4.79 Å². The highest BCUT2D eigenvalue weighted by Gasteiger charge is 2.22. The zero-order valence-corrected chi connectivity index (χ0v) is 8.87. The lowest BCUT2D eigenvalue weighted by atomic mass is 10.0. The summed E-state index contributed by atoms with van der Waals surface area (Å²) >= 11 is 1.64. The number of carbonyl (C=O) groups is 1. The third-order valence-electron chi connectivity index (χ3n) is 1.79. The summed E-state index contributed by atoms with van der Waals surface area (Å²) in [6.45, 7) is 3.96. The van der Waals surface area contributed by atoms with Crippen molar-refractivity contribution >= 4 is 17.4 Å². The first-order valence-electron chi connectivity index (χ1n) is 4.10. The molecule has 3 nitrogen and oxygen atoms in total. The first kappa shape index (κ1) is 10.1. The molecule has 2 N–H and O–H groups in total. The molecule has 0 aliphatic carbocycles. The predicted molar refractivity (Wildman–Crippen MR) is 54.9 cm³/mol. The van der Waals surface area contributed by atoms with E-state index in [0.29, 0.717) is 0 Å². The molecule has 13 heavy (non-hydrogen) atoms. The predicted octanol–water partition coefficient (Wildman–Crippen LogP) is 1.91. The molecule has 0 bridgehead atoms. The van der Waals surface area contributed by atoms with E-state index in [1.807, 2.05) is 31.4 Å². The molecular weight excluding hydrogens is 184 g/mol. The SMILES string of the molecule is CNC(=O)NC(C)(C)c1cccs1. The molecule has 0 unspecified atom stereocenters. The maximum absolute atomic E-state index is 11.1. The Morgan fingerprint density at radius 1 is 1.54 bits per heavy atom. The van der Waals surface area contributed by atoms with Gasteiger partial charge in [0, 0.05) is 11.9 Å². The molecule has 0 aliphatic heterocycles. The van der Waals surface area contributed by atoms with Gasteiger partial charge in [-0.3, -0.25) is 0 Å². The van der Waals surface area contributed by atoms with Gasteiger partial charge in [0.15, 0.2) is 0 Å². The van der Waals surface area contributed by atoms with Crippen LogP contribution < -0.4 is 10.6 Å². The van der Waals surface area contributed by atoms with Crippen molar-refractivity contribution in [1.29, 1.82) is 0 Å². The summed E-state index contributed by atoms with van der Waals surface area (Å²) in [5.41, 5.74) is -0.297. The monoisotopic (exact) mass is 198 g/mol. The second-order valence-corrected chi connectivity index (χ2v) is 4.25. The zero-order chi connectivity index (χ0) is 9.90. The second kappa shape index (κ2) is 3.79. The number of urea groups is 1. The molecule has 0 spiro atoms. The van der Waals surface area contributed by atoms with Crippen LogP contribution in [0, 0.1) is 0 Å². The van der Waals surface area contributed by atoms with Gasteiger partial charge in [-0.2, -0.15) is 0 Å². The van der Waals surface area contributed by atoms with Gasteiger partial charge in [0.1, 0.15) is 0 Å². The van der Waals surface area contributed by atoms with Gasteiger partial charge < -0.3 is 10.6 Å². The van der Waals surface area contributed by atoms with Crippen LogP contribution in [0.2, 0.25) is 0 Å². The van der Waals surface area contributed by atoms with Crippen LogP contribution in [-0.4, -0.2) is 13.1 Å². The first-order chi connectivity index (χ1) is 6.06. The van der Waals surface area contributed by atoms with Gasteiger partial charge in [0.25, 0.3) is 0 Å². The highest BCUT2D eigenvalue weighted by Crippen LogP contribution is 2.24. The highest BCUT2D eigenvalue weighted by molar-refractivity contribution is 7.10. The average molecular weight is 198 g/mol. The number of carbonyl (C=O) groups excluding carboxylic acids is 1. The molecule has 2 amide bonds. The van der Waals surface area contributed by atoms with Crippen molar-refractivity contribution in [3.8, 4) is 0 Å². The van der Waals surface area contributed by atoms with E-state index in [-0.39, 0.29) is 11.6 Å². The molecule has 1 rings (SSSR count). The van der Waals surface area contributed by atoms with Crippen LogP contribution in [0.3, 0.4) is 0 Å². The fourth-order valence-electron chi connectivity index (χ4n) is 1.04. The van der Waals surface area contributed by atoms with Gasteiger partial charge in [-0.25, -0.2) is 4.79 Å². The molecule has 0 saturated carbocycles. The molecule has 0 saturated heterocycles. The summed E-state index contributed by atoms with van der Waals surface area (Å²) in [5.74, 6) is 0. The van der Waals surface area contributed by atoms with Crippen LogP contribution in [0.5, 0.6) is 0 Å². The van der Waals surface area contributed by atoms with Gasteiger partial charge in [-0.15, -0.1) is 11.3 Å². The maximum atomic E-state index is 11.1. The lowest BCUT2D eigenvalue weighted by Crippen LogP contribution is -2.44. The Morgan fingerprint density at radius 2 is 2.23 bits per heavy atom. The van der Waals surface area contributed by atoms with Gasteiger partial charge >= 0.3 is 6.03 Å². The van der Waals surface area contributed by atoms with Crippen molar-refractivity contribution < 1.29 is 4.79 Å². The van der Waals surface area contributed by atoms with Crippen LogP contribution in [0.15, 0.2) is 17.5 Å². The van der Waals surface area contributed by atoms with E-state index in [0.717, 1.165) is 4.88 Å². The molecule has 4 heteroatoms. The lowest BCUT2D eigenvalue weighted by Gasteiger charge is -2.24. The van der Waals surface area contributed by atoms with E-state index >= 15 is 0 Å². The molecule has 1 aromatic rings. The van der Waals surface area contributed by atoms with Crippen LogP contribution in [0.25, 0.3) is 0 Å². The number of hydrogen-bond acceptors (Lipinski definition) is 2. The Hall–Kier alpha value is -1.03. The first-order valence-corrected chi connectivity index (χ1v) is 4.98. The van der Waals surface area contributed by atoms with Crippen molar-refractivity contribution in [2.24, 2.45) is 0 Å². The Kier molecular flexibility index (Phi) is 2.93. The molecule has 0 radical (unpaired) electrons. The minimum atomic E-state index is -0.297. The Labute approximate surface area is 82.2 Å². The van der Waals surface area contributed by atoms with Gasteiger partial charge in [0.2, 0.25) is 0 Å². The second-order valence-electron chi connectivity index (χ2n) is 3.31. The molecule has 1 aromatic heterocycles. The van der Waals surface area contributed by atoms with E-state index in [9.17, 15) is 4.79 Å². The summed E-state index contributed by atoms with van der Waals surface area (Å²) in [4.78, 5) is 12.3. The van der Waals surface area contributed by atoms with Crippen molar-refractivity contribution in [3.63, 3.8) is 0 Å². The number of nitrogens with one attached hydrogen (secondary N) is 2. The molecule has 0 fully saturated rings. The van der Waals surface area contributed by atoms with E-state index in [1.54, 1.807) is 18.4 Å². The minimum absolute atomic E-state index is 0.154. The van der Waals surface area contributed by atoms with Gasteiger partial charge in [-0.1, -0.05) is 6.07 Å². The molecule has 72 valence electrons. The topological polar surface area (TPSA) is 41.1 Å². The molecule has 0 atom stereocenters. The Balaban J connectivity index is 2.72. The number of amides is 2. The smallest absolute Gasteiger partial charge is 0.315 e. The summed E-state index contributed by atoms with van der Waals surface area (Å²) in [7, 11) is 1.61. The molecular formula is C9H14N2OS. The highest BCUT2D eigenvalue weighted by atomic mass is 32.1. The van der Waals surface area contributed by atoms with Gasteiger partial charge in [-0.05, 0) is 25.3 Å². The van der Waals surface area contributed by atoms with Crippen molar-refractivity contribution in [3.05, 3.63) is 22.4 Å². The average Bonchev–Trinajstić information content (AvgIpc) is 2.55. The van der Waals surface area contributed by atoms with E-state index < -0.39 is 0 Å². The third-order valence-corrected chi connectivity index (χ3v) is 2.98. The number of rotatable bonds is 2. The fourth-order valence-corrected chi connectivity index (χ4v) is 1.85. The largest absolute Gasteiger partial charge is 0.341 e. The lowest BCUT2D eigenvalue weighted by molar-refractivity contribution is 0.232. The molecule has 0 aliphatic rings. The summed E-state index contributed by atoms with van der Waals surface area (Å²) in [6.07, 6.45) is 0. The number of hydrogen-bond donors (Lipinski definition) is 2. The Morgan fingerprint density at radius 3 is 2.69 bits per heavy atom. The minimum Gasteiger partial charge on any atom is -0.341 e. The standard InChI is InChI=1S/C9H14N2OS/c1-9(2,11-8(12)10-3)7-5-4-6-13-7/h4-6H,1-3H3,(H2,10,11,12). The van der Waals surface area contributed by atoms with Crippen LogP contribution in [0.1, 0.15) is 18.7 Å². The van der Waals surface area contributed by atoms with Crippen molar-refractivity contribution in [1.82, 2.24) is 10.6 Å². The van der Waals surface area contributed by atoms with Crippen molar-refractivity contribution in [2.45, 2.75) is 19.4 Å². The van der Waals surface area contributed by atoms with Crippen LogP contribution >= 0.6 is 11.3 Å². The third kappa shape index (κ3) is 2.45. The van der Waals surface area contributed by atoms with E-state index in [4.69, 9.17) is 0 Å². The summed E-state index contributed by atoms with van der Waals surface area (Å²) in [5, 5.41) is 7.41. The maximum Gasteiger partial charge on any atom is 0.315 e. The van der Waals surface area contributed by atoms with Crippen LogP contribution in [-0.2, 0) is 5.54 Å². The Bertz CT molecular complexity index is 280. The molecule has 1 heterocycles. The quantitative estimate of drug-likeness (QED) is 0.749. The fraction of sp³-hybridized carbons (Fsp3) is 0.444. The summed E-state index contributed by atoms with van der Waals surface area (Å²) in [6, 6.07) is 3.84. The van der Waals surface area contributed by atoms with E-state index in [2.05, 4.69) is 10.6 Å². The van der Waals surface area contributed by atoms with Gasteiger partial charge in [0.05, 0.1) is 5.54 Å². The van der Waals surface area contributed by atoms with E-state index in [1.165, 1.54) is 0 Å². The summed E-state index contributed by atoms with van der Waals surface area (Å²) < 4.78 is 0. The number of thiophene rings is 1. The molecule has 0 aromatic carbocycles.